The molecule has 6 heteroatoms. The van der Waals surface area contributed by atoms with Crippen LogP contribution < -0.4 is 15.0 Å². The fraction of sp³-hybridized carbons (Fsp3) is 0.462. The van der Waals surface area contributed by atoms with E-state index >= 15 is 0 Å². The zero-order valence-corrected chi connectivity index (χ0v) is 18.8. The average molecular weight is 432 g/mol. The van der Waals surface area contributed by atoms with E-state index in [4.69, 9.17) is 14.5 Å². The highest BCUT2D eigenvalue weighted by atomic mass is 16.6. The van der Waals surface area contributed by atoms with Gasteiger partial charge in [-0.3, -0.25) is 14.1 Å². The van der Waals surface area contributed by atoms with Crippen LogP contribution in [0.4, 0.5) is 0 Å². The molecule has 0 unspecified atom stereocenters. The van der Waals surface area contributed by atoms with Gasteiger partial charge >= 0.3 is 0 Å². The lowest BCUT2D eigenvalue weighted by Gasteiger charge is -2.46. The van der Waals surface area contributed by atoms with Gasteiger partial charge in [-0.05, 0) is 61.6 Å². The molecule has 1 spiro atoms. The van der Waals surface area contributed by atoms with E-state index in [1.165, 1.54) is 36.8 Å². The number of hydrogen-bond donors (Lipinski definition) is 0. The Morgan fingerprint density at radius 3 is 2.62 bits per heavy atom. The van der Waals surface area contributed by atoms with Crippen LogP contribution in [0.3, 0.4) is 0 Å². The van der Waals surface area contributed by atoms with Crippen molar-refractivity contribution in [2.75, 3.05) is 19.8 Å². The lowest BCUT2D eigenvalue weighted by Crippen LogP contribution is -2.46. The van der Waals surface area contributed by atoms with Crippen molar-refractivity contribution in [3.8, 4) is 11.5 Å². The molecular formula is C26H29N3O3. The van der Waals surface area contributed by atoms with Gasteiger partial charge in [0.15, 0.2) is 11.5 Å². The Bertz CT molecular complexity index is 1260. The summed E-state index contributed by atoms with van der Waals surface area (Å²) in [5.74, 6) is 1.75. The van der Waals surface area contributed by atoms with Crippen molar-refractivity contribution < 1.29 is 9.47 Å². The van der Waals surface area contributed by atoms with Crippen molar-refractivity contribution in [2.24, 2.45) is 0 Å². The zero-order valence-electron chi connectivity index (χ0n) is 18.8. The molecule has 1 aromatic carbocycles. The second kappa shape index (κ2) is 7.34. The summed E-state index contributed by atoms with van der Waals surface area (Å²) in [7, 11) is 0. The maximum absolute atomic E-state index is 12.8. The van der Waals surface area contributed by atoms with Crippen LogP contribution in [0.1, 0.15) is 61.0 Å². The minimum absolute atomic E-state index is 0.0195. The molecule has 0 saturated heterocycles. The molecule has 2 aromatic heterocycles. The van der Waals surface area contributed by atoms with Crippen LogP contribution in [0, 0.1) is 6.92 Å². The first-order valence-corrected chi connectivity index (χ1v) is 11.7. The van der Waals surface area contributed by atoms with Gasteiger partial charge in [-0.25, -0.2) is 4.98 Å². The van der Waals surface area contributed by atoms with Crippen LogP contribution in [0.25, 0.3) is 5.65 Å². The van der Waals surface area contributed by atoms with Gasteiger partial charge in [-0.1, -0.05) is 18.9 Å². The number of fused-ring (bicyclic) bond motifs is 4. The molecule has 1 fully saturated rings. The molecule has 6 nitrogen and oxygen atoms in total. The summed E-state index contributed by atoms with van der Waals surface area (Å²) in [5, 5.41) is 0. The van der Waals surface area contributed by atoms with E-state index in [0.717, 1.165) is 29.3 Å². The largest absolute Gasteiger partial charge is 0.486 e. The number of ether oxygens (including phenoxy) is 2. The second-order valence-electron chi connectivity index (χ2n) is 9.67. The number of pyridine rings is 1. The monoisotopic (exact) mass is 431 g/mol. The summed E-state index contributed by atoms with van der Waals surface area (Å²) in [6, 6.07) is 10.3. The molecule has 6 rings (SSSR count). The van der Waals surface area contributed by atoms with E-state index in [2.05, 4.69) is 24.0 Å². The normalized spacial score (nSPS) is 21.8. The Labute approximate surface area is 187 Å². The molecule has 1 aliphatic carbocycles. The SMILES string of the molecule is Cc1ccc2nc(CN3CC4(CCCC4)c4cc5c(cc4[C@H]3C)OCCO5)cc(=O)n2c1. The van der Waals surface area contributed by atoms with Gasteiger partial charge in [-0.15, -0.1) is 0 Å². The number of hydrogen-bond acceptors (Lipinski definition) is 5. The summed E-state index contributed by atoms with van der Waals surface area (Å²) in [6.45, 7) is 7.10. The first-order valence-electron chi connectivity index (χ1n) is 11.7. The lowest BCUT2D eigenvalue weighted by atomic mass is 9.71. The highest BCUT2D eigenvalue weighted by Gasteiger charge is 2.45. The molecule has 1 saturated carbocycles. The van der Waals surface area contributed by atoms with Gasteiger partial charge in [-0.2, -0.15) is 0 Å². The topological polar surface area (TPSA) is 56.1 Å². The number of rotatable bonds is 2. The summed E-state index contributed by atoms with van der Waals surface area (Å²) >= 11 is 0. The molecule has 166 valence electrons. The van der Waals surface area contributed by atoms with E-state index in [1.54, 1.807) is 10.5 Å². The quantitative estimate of drug-likeness (QED) is 0.610. The van der Waals surface area contributed by atoms with E-state index in [1.807, 2.05) is 25.3 Å². The maximum Gasteiger partial charge on any atom is 0.258 e. The molecule has 1 atom stereocenters. The average Bonchev–Trinajstić information content (AvgIpc) is 3.26. The van der Waals surface area contributed by atoms with E-state index in [-0.39, 0.29) is 17.0 Å². The molecule has 4 heterocycles. The fourth-order valence-corrected chi connectivity index (χ4v) is 5.94. The Balaban J connectivity index is 1.40. The van der Waals surface area contributed by atoms with Gasteiger partial charge in [0, 0.05) is 36.8 Å². The summed E-state index contributed by atoms with van der Waals surface area (Å²) in [6.07, 6.45) is 6.74. The van der Waals surface area contributed by atoms with Crippen molar-refractivity contribution in [3.05, 3.63) is 69.3 Å². The smallest absolute Gasteiger partial charge is 0.258 e. The Kier molecular flexibility index (Phi) is 4.54. The van der Waals surface area contributed by atoms with Gasteiger partial charge in [0.2, 0.25) is 0 Å². The highest BCUT2D eigenvalue weighted by Crippen LogP contribution is 2.52. The summed E-state index contributed by atoms with van der Waals surface area (Å²) < 4.78 is 13.5. The molecule has 0 amide bonds. The third-order valence-electron chi connectivity index (χ3n) is 7.58. The van der Waals surface area contributed by atoms with Gasteiger partial charge in [0.1, 0.15) is 18.9 Å². The van der Waals surface area contributed by atoms with Crippen LogP contribution in [-0.4, -0.2) is 34.0 Å². The van der Waals surface area contributed by atoms with Crippen LogP contribution >= 0.6 is 0 Å². The third-order valence-corrected chi connectivity index (χ3v) is 7.58. The van der Waals surface area contributed by atoms with Gasteiger partial charge in [0.25, 0.3) is 5.56 Å². The van der Waals surface area contributed by atoms with Crippen molar-refractivity contribution >= 4 is 5.65 Å². The number of benzene rings is 1. The molecule has 32 heavy (non-hydrogen) atoms. The van der Waals surface area contributed by atoms with Crippen molar-refractivity contribution in [2.45, 2.75) is 57.5 Å². The number of aryl methyl sites for hydroxylation is 1. The maximum atomic E-state index is 12.8. The fourth-order valence-electron chi connectivity index (χ4n) is 5.94. The molecule has 3 aromatic rings. The first-order chi connectivity index (χ1) is 15.5. The number of aromatic nitrogens is 2. The zero-order chi connectivity index (χ0) is 21.9. The number of nitrogens with zero attached hydrogens (tertiary/aromatic N) is 3. The van der Waals surface area contributed by atoms with Crippen molar-refractivity contribution in [3.63, 3.8) is 0 Å². The predicted molar refractivity (Wildman–Crippen MR) is 123 cm³/mol. The summed E-state index contributed by atoms with van der Waals surface area (Å²) in [4.78, 5) is 20.1. The van der Waals surface area contributed by atoms with Gasteiger partial charge < -0.3 is 9.47 Å². The molecule has 2 aliphatic heterocycles. The third kappa shape index (κ3) is 3.12. The Morgan fingerprint density at radius 1 is 1.09 bits per heavy atom. The van der Waals surface area contributed by atoms with E-state index in [0.29, 0.717) is 25.4 Å². The van der Waals surface area contributed by atoms with E-state index < -0.39 is 0 Å². The Hall–Kier alpha value is -2.86. The summed E-state index contributed by atoms with van der Waals surface area (Å²) in [5.41, 5.74) is 5.47. The highest BCUT2D eigenvalue weighted by molar-refractivity contribution is 5.53. The Morgan fingerprint density at radius 2 is 1.84 bits per heavy atom. The minimum atomic E-state index is -0.0195. The first kappa shape index (κ1) is 19.8. The predicted octanol–water partition coefficient (Wildman–Crippen LogP) is 4.16. The lowest BCUT2D eigenvalue weighted by molar-refractivity contribution is 0.123. The molecule has 3 aliphatic rings. The molecule has 0 bridgehead atoms. The van der Waals surface area contributed by atoms with Crippen LogP contribution in [0.2, 0.25) is 0 Å². The molecule has 0 radical (unpaired) electrons. The minimum Gasteiger partial charge on any atom is -0.486 e. The van der Waals surface area contributed by atoms with Crippen molar-refractivity contribution in [1.29, 1.82) is 0 Å². The van der Waals surface area contributed by atoms with Crippen molar-refractivity contribution in [1.82, 2.24) is 14.3 Å². The standard InChI is InChI=1S/C26H29N3O3/c1-17-5-6-24-27-19(11-25(30)29(24)14-17)15-28-16-26(7-3-4-8-26)21-13-23-22(31-9-10-32-23)12-20(21)18(28)2/h5-6,11-14,18H,3-4,7-10,15-16H2,1-2H3/t18-/m1/s1. The van der Waals surface area contributed by atoms with Crippen LogP contribution in [-0.2, 0) is 12.0 Å². The van der Waals surface area contributed by atoms with Gasteiger partial charge in [0.05, 0.1) is 5.69 Å². The molecular weight excluding hydrogens is 402 g/mol. The van der Waals surface area contributed by atoms with E-state index in [9.17, 15) is 4.79 Å². The van der Waals surface area contributed by atoms with Crippen LogP contribution in [0.5, 0.6) is 11.5 Å². The van der Waals surface area contributed by atoms with Crippen LogP contribution in [0.15, 0.2) is 41.3 Å². The molecule has 0 N–H and O–H groups in total. The second-order valence-corrected chi connectivity index (χ2v) is 9.67.